The van der Waals surface area contributed by atoms with Crippen molar-refractivity contribution in [2.24, 2.45) is 0 Å². The first-order valence-electron chi connectivity index (χ1n) is 11.3. The molecule has 1 saturated heterocycles. The Morgan fingerprint density at radius 3 is 2.64 bits per heavy atom. The lowest BCUT2D eigenvalue weighted by Crippen LogP contribution is -2.30. The van der Waals surface area contributed by atoms with Gasteiger partial charge in [0, 0.05) is 34.9 Å². The number of carbonyl (C=O) groups excluding carboxylic acids is 1. The summed E-state index contributed by atoms with van der Waals surface area (Å²) in [5, 5.41) is 7.59. The Balaban J connectivity index is 1.39. The number of thioether (sulfide) groups is 1. The lowest BCUT2D eigenvalue weighted by atomic mass is 10.1. The normalized spacial score (nSPS) is 17.0. The van der Waals surface area contributed by atoms with Gasteiger partial charge in [-0.1, -0.05) is 78.8 Å². The number of aryl methyl sites for hydroxylation is 2. The molecule has 1 fully saturated rings. The Labute approximate surface area is 198 Å². The Morgan fingerprint density at radius 1 is 1.03 bits per heavy atom. The Morgan fingerprint density at radius 2 is 1.85 bits per heavy atom. The third-order valence-electron chi connectivity index (χ3n) is 5.93. The maximum Gasteiger partial charge on any atom is 0.260 e. The molecule has 1 aromatic heterocycles. The number of aromatic nitrogens is 1. The number of amides is 1. The molecule has 0 spiro atoms. The van der Waals surface area contributed by atoms with E-state index >= 15 is 0 Å². The quantitative estimate of drug-likeness (QED) is 0.344. The van der Waals surface area contributed by atoms with E-state index in [1.54, 1.807) is 0 Å². The number of hydrogen-bond donors (Lipinski definition) is 2. The molecule has 4 nitrogen and oxygen atoms in total. The van der Waals surface area contributed by atoms with Gasteiger partial charge >= 0.3 is 0 Å². The van der Waals surface area contributed by atoms with Crippen LogP contribution >= 0.6 is 11.8 Å². The first-order chi connectivity index (χ1) is 16.1. The van der Waals surface area contributed by atoms with Crippen LogP contribution in [-0.4, -0.2) is 16.0 Å². The first kappa shape index (κ1) is 21.4. The number of nitrogens with one attached hydrogen (secondary N) is 2. The Bertz CT molecular complexity index is 1340. The molecule has 0 radical (unpaired) electrons. The summed E-state index contributed by atoms with van der Waals surface area (Å²) in [5.41, 5.74) is 6.86. The average molecular weight is 454 g/mol. The number of benzene rings is 3. The van der Waals surface area contributed by atoms with E-state index in [-0.39, 0.29) is 11.4 Å². The van der Waals surface area contributed by atoms with Gasteiger partial charge in [0.15, 0.2) is 5.50 Å². The molecule has 0 saturated carbocycles. The van der Waals surface area contributed by atoms with Crippen LogP contribution in [0.2, 0.25) is 0 Å². The molecule has 4 aromatic rings. The van der Waals surface area contributed by atoms with Crippen molar-refractivity contribution in [3.63, 3.8) is 0 Å². The second-order valence-corrected chi connectivity index (χ2v) is 9.54. The van der Waals surface area contributed by atoms with Crippen molar-refractivity contribution in [1.82, 2.24) is 9.88 Å². The lowest BCUT2D eigenvalue weighted by Gasteiger charge is -2.12. The summed E-state index contributed by atoms with van der Waals surface area (Å²) < 4.78 is 2.26. The van der Waals surface area contributed by atoms with Gasteiger partial charge in [0.25, 0.3) is 5.91 Å². The SMILES string of the molecule is CCc1ccc(N[C@H]2NC(=O)/C(=C/c3cn(Cc4cccc(C)c4)c4ccccc34)S2)cc1. The summed E-state index contributed by atoms with van der Waals surface area (Å²) in [6, 6.07) is 25.3. The molecule has 0 bridgehead atoms. The van der Waals surface area contributed by atoms with Crippen LogP contribution in [0.1, 0.15) is 29.2 Å². The number of anilines is 1. The number of hydrogen-bond acceptors (Lipinski definition) is 3. The van der Waals surface area contributed by atoms with Crippen molar-refractivity contribution in [3.05, 3.63) is 106 Å². The maximum absolute atomic E-state index is 12.7. The van der Waals surface area contributed by atoms with E-state index < -0.39 is 0 Å². The molecule has 33 heavy (non-hydrogen) atoms. The number of carbonyl (C=O) groups is 1. The van der Waals surface area contributed by atoms with Crippen LogP contribution in [-0.2, 0) is 17.8 Å². The topological polar surface area (TPSA) is 46.1 Å². The number of para-hydroxylation sites is 1. The minimum absolute atomic E-state index is 0.0433. The largest absolute Gasteiger partial charge is 0.357 e. The van der Waals surface area contributed by atoms with Crippen molar-refractivity contribution in [1.29, 1.82) is 0 Å². The zero-order chi connectivity index (χ0) is 22.8. The summed E-state index contributed by atoms with van der Waals surface area (Å²) in [6.45, 7) is 5.05. The highest BCUT2D eigenvalue weighted by atomic mass is 32.2. The number of rotatable bonds is 6. The summed E-state index contributed by atoms with van der Waals surface area (Å²) in [7, 11) is 0. The maximum atomic E-state index is 12.7. The van der Waals surface area contributed by atoms with Crippen LogP contribution in [0.15, 0.2) is 83.9 Å². The van der Waals surface area contributed by atoms with E-state index in [1.165, 1.54) is 34.0 Å². The zero-order valence-corrected chi connectivity index (χ0v) is 19.7. The van der Waals surface area contributed by atoms with Gasteiger partial charge in [-0.15, -0.1) is 0 Å². The van der Waals surface area contributed by atoms with E-state index in [9.17, 15) is 4.79 Å². The highest BCUT2D eigenvalue weighted by Gasteiger charge is 2.27. The molecule has 1 atom stereocenters. The monoisotopic (exact) mass is 453 g/mol. The molecular formula is C28H27N3OS. The second kappa shape index (κ2) is 9.20. The fourth-order valence-electron chi connectivity index (χ4n) is 4.22. The standard InChI is InChI=1S/C28H27N3OS/c1-3-20-11-13-23(14-12-20)29-28-30-27(32)26(33-28)16-22-18-31(25-10-5-4-9-24(22)25)17-21-8-6-7-19(2)15-21/h4-16,18,28-29H,3,17H2,1-2H3,(H,30,32)/b26-16-/t28-/m0/s1. The van der Waals surface area contributed by atoms with E-state index in [0.29, 0.717) is 0 Å². The predicted octanol–water partition coefficient (Wildman–Crippen LogP) is 6.16. The summed E-state index contributed by atoms with van der Waals surface area (Å²) in [4.78, 5) is 13.4. The molecule has 2 heterocycles. The van der Waals surface area contributed by atoms with Crippen molar-refractivity contribution in [2.45, 2.75) is 32.3 Å². The fourth-order valence-corrected chi connectivity index (χ4v) is 5.20. The summed E-state index contributed by atoms with van der Waals surface area (Å²) in [5.74, 6) is -0.0433. The van der Waals surface area contributed by atoms with Gasteiger partial charge in [0.1, 0.15) is 0 Å². The highest BCUT2D eigenvalue weighted by molar-refractivity contribution is 8.05. The number of fused-ring (bicyclic) bond motifs is 1. The Hall–Kier alpha value is -3.44. The number of nitrogens with zero attached hydrogens (tertiary/aromatic N) is 1. The van der Waals surface area contributed by atoms with Gasteiger partial charge in [0.05, 0.1) is 4.91 Å². The highest BCUT2D eigenvalue weighted by Crippen LogP contribution is 2.33. The van der Waals surface area contributed by atoms with Crippen molar-refractivity contribution >= 4 is 40.3 Å². The van der Waals surface area contributed by atoms with E-state index in [2.05, 4.69) is 102 Å². The fraction of sp³-hybridized carbons (Fsp3) is 0.179. The van der Waals surface area contributed by atoms with E-state index in [4.69, 9.17) is 0 Å². The molecule has 0 unspecified atom stereocenters. The Kier molecular flexibility index (Phi) is 5.97. The molecule has 166 valence electrons. The van der Waals surface area contributed by atoms with Gasteiger partial charge < -0.3 is 15.2 Å². The van der Waals surface area contributed by atoms with Gasteiger partial charge in [-0.3, -0.25) is 4.79 Å². The minimum atomic E-state index is -0.183. The minimum Gasteiger partial charge on any atom is -0.357 e. The van der Waals surface area contributed by atoms with Gasteiger partial charge in [-0.2, -0.15) is 0 Å². The molecule has 5 rings (SSSR count). The molecule has 1 aliphatic heterocycles. The van der Waals surface area contributed by atoms with Crippen LogP contribution in [0.5, 0.6) is 0 Å². The van der Waals surface area contributed by atoms with Crippen LogP contribution < -0.4 is 10.6 Å². The molecule has 3 aromatic carbocycles. The van der Waals surface area contributed by atoms with E-state index in [0.717, 1.165) is 34.5 Å². The van der Waals surface area contributed by atoms with Gasteiger partial charge in [0.2, 0.25) is 0 Å². The molecule has 0 aliphatic carbocycles. The van der Waals surface area contributed by atoms with Gasteiger partial charge in [-0.25, -0.2) is 0 Å². The lowest BCUT2D eigenvalue weighted by molar-refractivity contribution is -0.116. The molecule has 1 amide bonds. The van der Waals surface area contributed by atoms with Crippen LogP contribution in [0.25, 0.3) is 17.0 Å². The molecule has 5 heteroatoms. The molecule has 1 aliphatic rings. The molecule has 2 N–H and O–H groups in total. The van der Waals surface area contributed by atoms with E-state index in [1.807, 2.05) is 12.1 Å². The van der Waals surface area contributed by atoms with Crippen molar-refractivity contribution in [2.75, 3.05) is 5.32 Å². The third-order valence-corrected chi connectivity index (χ3v) is 6.96. The van der Waals surface area contributed by atoms with Gasteiger partial charge in [-0.05, 0) is 48.7 Å². The average Bonchev–Trinajstić information content (AvgIpc) is 3.34. The first-order valence-corrected chi connectivity index (χ1v) is 12.1. The predicted molar refractivity (Wildman–Crippen MR) is 139 cm³/mol. The summed E-state index contributed by atoms with van der Waals surface area (Å²) in [6.07, 6.45) is 5.18. The van der Waals surface area contributed by atoms with Crippen LogP contribution in [0, 0.1) is 6.92 Å². The summed E-state index contributed by atoms with van der Waals surface area (Å²) >= 11 is 1.52. The second-order valence-electron chi connectivity index (χ2n) is 8.39. The van der Waals surface area contributed by atoms with Crippen molar-refractivity contribution < 1.29 is 4.79 Å². The van der Waals surface area contributed by atoms with Crippen LogP contribution in [0.4, 0.5) is 5.69 Å². The zero-order valence-electron chi connectivity index (χ0n) is 18.8. The third kappa shape index (κ3) is 4.69. The smallest absolute Gasteiger partial charge is 0.260 e. The molecular weight excluding hydrogens is 426 g/mol. The van der Waals surface area contributed by atoms with Crippen LogP contribution in [0.3, 0.4) is 0 Å². The van der Waals surface area contributed by atoms with Crippen molar-refractivity contribution in [3.8, 4) is 0 Å².